The molecule has 5 heterocycles. The van der Waals surface area contributed by atoms with E-state index >= 15 is 0 Å². The molecule has 1 fully saturated rings. The summed E-state index contributed by atoms with van der Waals surface area (Å²) in [6, 6.07) is 18.3. The molecule has 0 aliphatic carbocycles. The molecule has 0 radical (unpaired) electrons. The maximum Gasteiger partial charge on any atom is 0.337 e. The average molecular weight is 611 g/mol. The van der Waals surface area contributed by atoms with Crippen molar-refractivity contribution >= 4 is 17.4 Å². The van der Waals surface area contributed by atoms with E-state index in [4.69, 9.17) is 24.3 Å². The smallest absolute Gasteiger partial charge is 0.337 e. The van der Waals surface area contributed by atoms with Crippen molar-refractivity contribution in [2.75, 3.05) is 31.2 Å². The Morgan fingerprint density at radius 1 is 1.04 bits per heavy atom. The number of anilines is 1. The van der Waals surface area contributed by atoms with Gasteiger partial charge in [-0.25, -0.2) is 9.78 Å². The van der Waals surface area contributed by atoms with E-state index in [2.05, 4.69) is 42.2 Å². The molecule has 1 N–H and O–H groups in total. The van der Waals surface area contributed by atoms with Crippen LogP contribution in [0, 0.1) is 6.92 Å². The molecule has 0 spiro atoms. The van der Waals surface area contributed by atoms with E-state index in [1.54, 1.807) is 4.52 Å². The molecule has 3 aliphatic heterocycles. The number of hydrogen-bond donors (Lipinski definition) is 1. The van der Waals surface area contributed by atoms with Crippen LogP contribution in [0.15, 0.2) is 66.7 Å². The first-order chi connectivity index (χ1) is 21.5. The Morgan fingerprint density at radius 3 is 2.56 bits per heavy atom. The van der Waals surface area contributed by atoms with Crippen LogP contribution < -0.4 is 9.64 Å². The lowest BCUT2D eigenvalue weighted by atomic mass is 9.92. The fourth-order valence-electron chi connectivity index (χ4n) is 6.14. The molecule has 0 amide bonds. The van der Waals surface area contributed by atoms with Crippen molar-refractivity contribution in [1.82, 2.24) is 14.6 Å². The van der Waals surface area contributed by atoms with Gasteiger partial charge in [-0.15, -0.1) is 0 Å². The van der Waals surface area contributed by atoms with Gasteiger partial charge < -0.3 is 24.2 Å². The van der Waals surface area contributed by atoms with Gasteiger partial charge in [0.2, 0.25) is 0 Å². The zero-order chi connectivity index (χ0) is 31.8. The lowest BCUT2D eigenvalue weighted by Gasteiger charge is -2.41. The van der Waals surface area contributed by atoms with Gasteiger partial charge in [0.05, 0.1) is 35.7 Å². The summed E-state index contributed by atoms with van der Waals surface area (Å²) in [5, 5.41) is 15.5. The molecule has 3 aliphatic rings. The van der Waals surface area contributed by atoms with Crippen molar-refractivity contribution in [2.24, 2.45) is 0 Å². The fourth-order valence-corrected chi connectivity index (χ4v) is 6.14. The molecule has 2 aromatic carbocycles. The molecule has 45 heavy (non-hydrogen) atoms. The molecule has 0 unspecified atom stereocenters. The van der Waals surface area contributed by atoms with Crippen LogP contribution in [0.3, 0.4) is 0 Å². The Kier molecular flexibility index (Phi) is 8.41. The monoisotopic (exact) mass is 610 g/mol. The minimum atomic E-state index is -1.22. The molecule has 1 saturated heterocycles. The lowest BCUT2D eigenvalue weighted by Crippen LogP contribution is -2.45. The Labute approximate surface area is 264 Å². The predicted octanol–water partition coefficient (Wildman–Crippen LogP) is 7.03. The third-order valence-electron chi connectivity index (χ3n) is 8.48. The summed E-state index contributed by atoms with van der Waals surface area (Å²) in [4.78, 5) is 19.9. The third-order valence-corrected chi connectivity index (χ3v) is 8.48. The molecule has 9 heteroatoms. The van der Waals surface area contributed by atoms with Crippen LogP contribution in [0.2, 0.25) is 0 Å². The van der Waals surface area contributed by atoms with E-state index in [9.17, 15) is 9.90 Å². The number of aryl methyl sites for hydroxylation is 1. The van der Waals surface area contributed by atoms with E-state index in [1.165, 1.54) is 0 Å². The van der Waals surface area contributed by atoms with Crippen molar-refractivity contribution in [1.29, 1.82) is 0 Å². The number of aliphatic carboxylic acids is 1. The number of aromatic nitrogens is 3. The zero-order valence-corrected chi connectivity index (χ0v) is 26.7. The highest BCUT2D eigenvalue weighted by atomic mass is 16.5. The number of ether oxygens (including phenoxy) is 3. The summed E-state index contributed by atoms with van der Waals surface area (Å²) in [5.41, 5.74) is 4.47. The highest BCUT2D eigenvalue weighted by Gasteiger charge is 2.37. The topological polar surface area (TPSA) is 98.4 Å². The Morgan fingerprint density at radius 2 is 1.80 bits per heavy atom. The van der Waals surface area contributed by atoms with Gasteiger partial charge in [0.15, 0.2) is 11.8 Å². The van der Waals surface area contributed by atoms with E-state index < -0.39 is 17.7 Å². The zero-order valence-electron chi connectivity index (χ0n) is 26.7. The normalized spacial score (nSPS) is 18.3. The second-order valence-corrected chi connectivity index (χ2v) is 13.1. The van der Waals surface area contributed by atoms with Gasteiger partial charge >= 0.3 is 5.97 Å². The number of carbonyl (C=O) groups is 1. The lowest BCUT2D eigenvalue weighted by molar-refractivity contribution is -0.160. The molecule has 9 nitrogen and oxygen atoms in total. The highest BCUT2D eigenvalue weighted by Crippen LogP contribution is 2.39. The first-order valence-corrected chi connectivity index (χ1v) is 15.7. The average Bonchev–Trinajstić information content (AvgIpc) is 3.42. The second kappa shape index (κ2) is 12.3. The van der Waals surface area contributed by atoms with Gasteiger partial charge in [-0.05, 0) is 71.6 Å². The van der Waals surface area contributed by atoms with Crippen LogP contribution >= 0.6 is 0 Å². The minimum absolute atomic E-state index is 0.303. The molecular weight excluding hydrogens is 568 g/mol. The van der Waals surface area contributed by atoms with E-state index in [-0.39, 0.29) is 5.60 Å². The van der Waals surface area contributed by atoms with Crippen molar-refractivity contribution in [3.63, 3.8) is 0 Å². The number of rotatable bonds is 3. The van der Waals surface area contributed by atoms with Gasteiger partial charge in [0, 0.05) is 36.0 Å². The van der Waals surface area contributed by atoms with Gasteiger partial charge in [0.1, 0.15) is 11.6 Å². The molecule has 6 bridgehead atoms. The summed E-state index contributed by atoms with van der Waals surface area (Å²) < 4.78 is 20.6. The first-order valence-electron chi connectivity index (χ1n) is 15.7. The number of hydrogen-bond acceptors (Lipinski definition) is 7. The summed E-state index contributed by atoms with van der Waals surface area (Å²) in [6.07, 6.45) is 5.28. The number of para-hydroxylation sites is 1. The summed E-state index contributed by atoms with van der Waals surface area (Å²) in [7, 11) is 0. The van der Waals surface area contributed by atoms with Crippen molar-refractivity contribution < 1.29 is 24.1 Å². The van der Waals surface area contributed by atoms with Crippen LogP contribution in [-0.4, -0.2) is 63.2 Å². The number of fused-ring (bicyclic) bond motifs is 7. The first kappa shape index (κ1) is 30.8. The molecule has 2 aromatic heterocycles. The maximum absolute atomic E-state index is 12.8. The number of piperidine rings is 1. The number of benzene rings is 2. The number of carboxylic acids is 1. The molecule has 7 rings (SSSR count). The van der Waals surface area contributed by atoms with Gasteiger partial charge in [0.25, 0.3) is 0 Å². The highest BCUT2D eigenvalue weighted by molar-refractivity contribution is 5.80. The van der Waals surface area contributed by atoms with Crippen LogP contribution in [0.1, 0.15) is 64.3 Å². The molecule has 0 saturated carbocycles. The van der Waals surface area contributed by atoms with Gasteiger partial charge in [-0.2, -0.15) is 9.61 Å². The maximum atomic E-state index is 12.8. The summed E-state index contributed by atoms with van der Waals surface area (Å²) in [5.74, 6) is 0.463. The SMILES string of the molecule is Cc1nc2cc3nn2c(c1[C@H](OC(C)(C)C)C(=O)O)N1CCC(C)(CC1)OC/C=C\CCOc1ccccc1-c1cccc-3c1. The van der Waals surface area contributed by atoms with E-state index in [0.29, 0.717) is 49.0 Å². The molecule has 1 atom stereocenters. The van der Waals surface area contributed by atoms with Crippen LogP contribution in [-0.2, 0) is 14.3 Å². The quantitative estimate of drug-likeness (QED) is 0.247. The Balaban J connectivity index is 1.53. The molecular formula is C36H42N4O5. The van der Waals surface area contributed by atoms with Gasteiger partial charge in [-0.1, -0.05) is 48.6 Å². The fraction of sp³-hybridized carbons (Fsp3) is 0.417. The number of nitrogens with zero attached hydrogens (tertiary/aromatic N) is 4. The summed E-state index contributed by atoms with van der Waals surface area (Å²) >= 11 is 0. The Bertz CT molecular complexity index is 1730. The molecule has 4 aromatic rings. The Hall–Kier alpha value is -4.21. The van der Waals surface area contributed by atoms with Crippen LogP contribution in [0.5, 0.6) is 5.75 Å². The van der Waals surface area contributed by atoms with Crippen molar-refractivity contribution in [3.05, 3.63) is 78.0 Å². The van der Waals surface area contributed by atoms with Crippen molar-refractivity contribution in [2.45, 2.75) is 71.2 Å². The van der Waals surface area contributed by atoms with E-state index in [1.807, 2.05) is 64.1 Å². The minimum Gasteiger partial charge on any atom is -0.493 e. The van der Waals surface area contributed by atoms with Crippen LogP contribution in [0.25, 0.3) is 28.0 Å². The number of carboxylic acid groups (broad SMARTS) is 1. The molecule has 236 valence electrons. The van der Waals surface area contributed by atoms with Crippen molar-refractivity contribution in [3.8, 4) is 28.1 Å². The predicted molar refractivity (Wildman–Crippen MR) is 175 cm³/mol. The summed E-state index contributed by atoms with van der Waals surface area (Å²) in [6.45, 7) is 12.0. The standard InChI is InChI=1S/C36H42N4O5/c1-24-31(32(34(41)42)45-35(2,3)4)33-39-18-16-36(5,17-19-39)44-21-10-6-9-20-43-29-15-8-7-14-27(29)25-12-11-13-26(22-25)28-23-30(37-24)40(33)38-28/h6-8,10-15,22-23,32H,9,16-21H2,1-5H3,(H,41,42)/b10-6-/t32-/m0/s1. The van der Waals surface area contributed by atoms with Gasteiger partial charge in [-0.3, -0.25) is 0 Å². The second-order valence-electron chi connectivity index (χ2n) is 13.1. The largest absolute Gasteiger partial charge is 0.493 e. The van der Waals surface area contributed by atoms with E-state index in [0.717, 1.165) is 47.4 Å². The van der Waals surface area contributed by atoms with Crippen LogP contribution in [0.4, 0.5) is 5.82 Å². The third kappa shape index (κ3) is 6.60.